The summed E-state index contributed by atoms with van der Waals surface area (Å²) in [6.45, 7) is 8.44. The van der Waals surface area contributed by atoms with Crippen LogP contribution in [0.4, 0.5) is 0 Å². The number of nitrogens with zero attached hydrogens (tertiary/aromatic N) is 3. The SMILES string of the molecule is CN=C(NCC1(c2ccccc2Cl)CCOCC1)N1CCC(CN2CCCCC2)C1. The number of aliphatic imine (C=N–C) groups is 1. The molecule has 6 heteroatoms. The van der Waals surface area contributed by atoms with Gasteiger partial charge in [-0.3, -0.25) is 4.99 Å². The van der Waals surface area contributed by atoms with Crippen LogP contribution in [0.2, 0.25) is 5.02 Å². The third-order valence-electron chi connectivity index (χ3n) is 7.24. The van der Waals surface area contributed by atoms with E-state index in [-0.39, 0.29) is 5.41 Å². The zero-order valence-electron chi connectivity index (χ0n) is 18.4. The average Bonchev–Trinajstić information content (AvgIpc) is 3.24. The lowest BCUT2D eigenvalue weighted by Gasteiger charge is -2.39. The minimum absolute atomic E-state index is 0.000536. The quantitative estimate of drug-likeness (QED) is 0.568. The number of benzene rings is 1. The van der Waals surface area contributed by atoms with Crippen LogP contribution in [0.15, 0.2) is 29.3 Å². The Balaban J connectivity index is 1.37. The van der Waals surface area contributed by atoms with E-state index < -0.39 is 0 Å². The highest BCUT2D eigenvalue weighted by atomic mass is 35.5. The summed E-state index contributed by atoms with van der Waals surface area (Å²) in [6, 6.07) is 8.30. The van der Waals surface area contributed by atoms with E-state index in [4.69, 9.17) is 16.3 Å². The van der Waals surface area contributed by atoms with E-state index in [0.717, 1.165) is 62.6 Å². The number of piperidine rings is 1. The summed E-state index contributed by atoms with van der Waals surface area (Å²) in [5.74, 6) is 1.79. The van der Waals surface area contributed by atoms with Crippen molar-refractivity contribution in [3.63, 3.8) is 0 Å². The molecular weight excluding hydrogens is 396 g/mol. The summed E-state index contributed by atoms with van der Waals surface area (Å²) in [4.78, 5) is 9.76. The van der Waals surface area contributed by atoms with Crippen molar-refractivity contribution in [2.45, 2.75) is 43.9 Å². The molecule has 3 aliphatic rings. The second-order valence-electron chi connectivity index (χ2n) is 9.24. The third-order valence-corrected chi connectivity index (χ3v) is 7.57. The monoisotopic (exact) mass is 432 g/mol. The number of guanidine groups is 1. The predicted molar refractivity (Wildman–Crippen MR) is 125 cm³/mol. The maximum atomic E-state index is 6.62. The summed E-state index contributed by atoms with van der Waals surface area (Å²) in [7, 11) is 1.91. The van der Waals surface area contributed by atoms with E-state index in [1.165, 1.54) is 50.9 Å². The van der Waals surface area contributed by atoms with E-state index >= 15 is 0 Å². The van der Waals surface area contributed by atoms with E-state index in [2.05, 4.69) is 32.2 Å². The molecule has 1 unspecified atom stereocenters. The molecular formula is C24H37ClN4O. The smallest absolute Gasteiger partial charge is 0.193 e. The topological polar surface area (TPSA) is 40.1 Å². The Hall–Kier alpha value is -1.30. The molecule has 1 aromatic rings. The molecule has 1 aromatic carbocycles. The molecule has 30 heavy (non-hydrogen) atoms. The van der Waals surface area contributed by atoms with Gasteiger partial charge in [0.2, 0.25) is 0 Å². The Labute approximate surface area is 186 Å². The molecule has 3 heterocycles. The second-order valence-corrected chi connectivity index (χ2v) is 9.64. The summed E-state index contributed by atoms with van der Waals surface area (Å²) < 4.78 is 5.69. The molecule has 0 radical (unpaired) electrons. The van der Waals surface area contributed by atoms with Gasteiger partial charge in [0.1, 0.15) is 0 Å². The number of hydrogen-bond acceptors (Lipinski definition) is 3. The molecule has 1 atom stereocenters. The fourth-order valence-electron chi connectivity index (χ4n) is 5.46. The van der Waals surface area contributed by atoms with Gasteiger partial charge in [-0.25, -0.2) is 0 Å². The summed E-state index contributed by atoms with van der Waals surface area (Å²) in [6.07, 6.45) is 7.38. The van der Waals surface area contributed by atoms with Gasteiger partial charge in [0.15, 0.2) is 5.96 Å². The fraction of sp³-hybridized carbons (Fsp3) is 0.708. The normalized spacial score (nSPS) is 25.5. The Morgan fingerprint density at radius 2 is 1.93 bits per heavy atom. The van der Waals surface area contributed by atoms with Crippen LogP contribution < -0.4 is 5.32 Å². The first-order valence-corrected chi connectivity index (χ1v) is 12.1. The largest absolute Gasteiger partial charge is 0.381 e. The number of likely N-dealkylation sites (tertiary alicyclic amines) is 2. The zero-order chi connectivity index (χ0) is 20.8. The second kappa shape index (κ2) is 10.3. The molecule has 3 saturated heterocycles. The zero-order valence-corrected chi connectivity index (χ0v) is 19.2. The Morgan fingerprint density at radius 3 is 2.67 bits per heavy atom. The van der Waals surface area contributed by atoms with Crippen LogP contribution >= 0.6 is 11.6 Å². The lowest BCUT2D eigenvalue weighted by molar-refractivity contribution is 0.0512. The maximum Gasteiger partial charge on any atom is 0.193 e. The number of ether oxygens (including phenoxy) is 1. The number of halogens is 1. The lowest BCUT2D eigenvalue weighted by Crippen LogP contribution is -2.49. The molecule has 166 valence electrons. The summed E-state index contributed by atoms with van der Waals surface area (Å²) >= 11 is 6.62. The van der Waals surface area contributed by atoms with E-state index in [1.807, 2.05) is 19.2 Å². The van der Waals surface area contributed by atoms with Gasteiger partial charge in [-0.2, -0.15) is 0 Å². The minimum Gasteiger partial charge on any atom is -0.381 e. The van der Waals surface area contributed by atoms with Crippen molar-refractivity contribution >= 4 is 17.6 Å². The van der Waals surface area contributed by atoms with Crippen molar-refractivity contribution in [2.75, 3.05) is 59.5 Å². The van der Waals surface area contributed by atoms with Crippen LogP contribution in [0.5, 0.6) is 0 Å². The number of rotatable bonds is 5. The molecule has 1 N–H and O–H groups in total. The van der Waals surface area contributed by atoms with E-state index in [0.29, 0.717) is 0 Å². The van der Waals surface area contributed by atoms with Crippen molar-refractivity contribution < 1.29 is 4.74 Å². The average molecular weight is 433 g/mol. The highest BCUT2D eigenvalue weighted by Gasteiger charge is 2.37. The molecule has 3 aliphatic heterocycles. The van der Waals surface area contributed by atoms with Crippen molar-refractivity contribution in [3.05, 3.63) is 34.9 Å². The van der Waals surface area contributed by atoms with Crippen LogP contribution in [-0.4, -0.2) is 75.3 Å². The highest BCUT2D eigenvalue weighted by molar-refractivity contribution is 6.31. The van der Waals surface area contributed by atoms with Crippen LogP contribution in [0, 0.1) is 5.92 Å². The van der Waals surface area contributed by atoms with Crippen LogP contribution in [-0.2, 0) is 10.2 Å². The van der Waals surface area contributed by atoms with Crippen molar-refractivity contribution in [2.24, 2.45) is 10.9 Å². The molecule has 0 spiro atoms. The van der Waals surface area contributed by atoms with Crippen molar-refractivity contribution in [1.82, 2.24) is 15.1 Å². The maximum absolute atomic E-state index is 6.62. The third kappa shape index (κ3) is 5.12. The first-order chi connectivity index (χ1) is 14.7. The van der Waals surface area contributed by atoms with Gasteiger partial charge in [0.05, 0.1) is 0 Å². The van der Waals surface area contributed by atoms with Gasteiger partial charge in [0, 0.05) is 56.9 Å². The molecule has 3 fully saturated rings. The Morgan fingerprint density at radius 1 is 1.17 bits per heavy atom. The first kappa shape index (κ1) is 21.9. The van der Waals surface area contributed by atoms with E-state index in [1.54, 1.807) is 0 Å². The minimum atomic E-state index is -0.000536. The Bertz CT molecular complexity index is 713. The van der Waals surface area contributed by atoms with Gasteiger partial charge >= 0.3 is 0 Å². The van der Waals surface area contributed by atoms with Crippen LogP contribution in [0.3, 0.4) is 0 Å². The Kier molecular flexibility index (Phi) is 7.55. The molecule has 0 saturated carbocycles. The molecule has 0 bridgehead atoms. The number of hydrogen-bond donors (Lipinski definition) is 1. The lowest BCUT2D eigenvalue weighted by atomic mass is 9.74. The predicted octanol–water partition coefficient (Wildman–Crippen LogP) is 3.77. The molecule has 0 aromatic heterocycles. The van der Waals surface area contributed by atoms with Gasteiger partial charge < -0.3 is 19.9 Å². The molecule has 0 aliphatic carbocycles. The fourth-order valence-corrected chi connectivity index (χ4v) is 5.79. The van der Waals surface area contributed by atoms with Crippen LogP contribution in [0.25, 0.3) is 0 Å². The molecule has 4 rings (SSSR count). The van der Waals surface area contributed by atoms with Gasteiger partial charge in [0.25, 0.3) is 0 Å². The molecule has 0 amide bonds. The highest BCUT2D eigenvalue weighted by Crippen LogP contribution is 2.38. The first-order valence-electron chi connectivity index (χ1n) is 11.7. The van der Waals surface area contributed by atoms with Gasteiger partial charge in [-0.05, 0) is 62.7 Å². The standard InChI is InChI=1S/C24H37ClN4O/c1-26-23(29-14-9-20(18-29)17-28-12-5-2-6-13-28)27-19-24(10-15-30-16-11-24)21-7-3-4-8-22(21)25/h3-4,7-8,20H,2,5-6,9-19H2,1H3,(H,26,27). The van der Waals surface area contributed by atoms with Crippen molar-refractivity contribution in [3.8, 4) is 0 Å². The van der Waals surface area contributed by atoms with E-state index in [9.17, 15) is 0 Å². The number of nitrogens with one attached hydrogen (secondary N) is 1. The molecule has 5 nitrogen and oxygen atoms in total. The van der Waals surface area contributed by atoms with Gasteiger partial charge in [-0.1, -0.05) is 36.2 Å². The summed E-state index contributed by atoms with van der Waals surface area (Å²) in [5, 5.41) is 4.58. The van der Waals surface area contributed by atoms with Gasteiger partial charge in [-0.15, -0.1) is 0 Å². The van der Waals surface area contributed by atoms with Crippen molar-refractivity contribution in [1.29, 1.82) is 0 Å². The summed E-state index contributed by atoms with van der Waals surface area (Å²) in [5.41, 5.74) is 1.24. The van der Waals surface area contributed by atoms with Crippen LogP contribution in [0.1, 0.15) is 44.1 Å².